The van der Waals surface area contributed by atoms with E-state index in [9.17, 15) is 9.59 Å². The summed E-state index contributed by atoms with van der Waals surface area (Å²) in [5.41, 5.74) is 0.635. The molecule has 1 aromatic heterocycles. The van der Waals surface area contributed by atoms with Crippen molar-refractivity contribution in [1.82, 2.24) is 14.9 Å². The Morgan fingerprint density at radius 2 is 2.29 bits per heavy atom. The van der Waals surface area contributed by atoms with Gasteiger partial charge in [-0.3, -0.25) is 14.2 Å². The van der Waals surface area contributed by atoms with Gasteiger partial charge in [-0.15, -0.1) is 0 Å². The van der Waals surface area contributed by atoms with E-state index in [2.05, 4.69) is 10.3 Å². The molecule has 128 valence electrons. The van der Waals surface area contributed by atoms with Crippen molar-refractivity contribution in [3.63, 3.8) is 0 Å². The fourth-order valence-corrected chi connectivity index (χ4v) is 3.09. The van der Waals surface area contributed by atoms with Crippen LogP contribution in [0.25, 0.3) is 10.9 Å². The van der Waals surface area contributed by atoms with E-state index in [1.165, 1.54) is 0 Å². The van der Waals surface area contributed by atoms with Crippen LogP contribution in [0.5, 0.6) is 0 Å². The molecule has 1 fully saturated rings. The number of nitrogens with one attached hydrogen (secondary N) is 1. The molecule has 0 radical (unpaired) electrons. The monoisotopic (exact) mass is 329 g/mol. The summed E-state index contributed by atoms with van der Waals surface area (Å²) in [5, 5.41) is 3.59. The Morgan fingerprint density at radius 1 is 1.46 bits per heavy atom. The summed E-state index contributed by atoms with van der Waals surface area (Å²) in [6, 6.07) is 7.32. The number of fused-ring (bicyclic) bond motifs is 1. The van der Waals surface area contributed by atoms with Crippen molar-refractivity contribution in [2.24, 2.45) is 0 Å². The molecule has 6 heteroatoms. The molecule has 1 aliphatic heterocycles. The minimum absolute atomic E-state index is 0.000188. The molecule has 2 heterocycles. The van der Waals surface area contributed by atoms with E-state index >= 15 is 0 Å². The third-order valence-electron chi connectivity index (χ3n) is 4.45. The number of nitrogens with zero attached hydrogens (tertiary/aromatic N) is 2. The van der Waals surface area contributed by atoms with Crippen molar-refractivity contribution < 1.29 is 9.53 Å². The molecule has 0 bridgehead atoms. The summed E-state index contributed by atoms with van der Waals surface area (Å²) < 4.78 is 7.15. The third-order valence-corrected chi connectivity index (χ3v) is 4.45. The molecule has 0 aliphatic carbocycles. The number of benzene rings is 1. The van der Waals surface area contributed by atoms with Crippen molar-refractivity contribution in [3.8, 4) is 0 Å². The van der Waals surface area contributed by atoms with E-state index < -0.39 is 0 Å². The van der Waals surface area contributed by atoms with Crippen molar-refractivity contribution in [1.29, 1.82) is 0 Å². The minimum atomic E-state index is -0.0614. The van der Waals surface area contributed by atoms with Crippen LogP contribution in [-0.2, 0) is 16.1 Å². The van der Waals surface area contributed by atoms with Crippen LogP contribution in [0.15, 0.2) is 35.4 Å². The van der Waals surface area contributed by atoms with E-state index in [0.717, 1.165) is 19.4 Å². The third kappa shape index (κ3) is 3.82. The van der Waals surface area contributed by atoms with Crippen LogP contribution in [0.3, 0.4) is 0 Å². The largest absolute Gasteiger partial charge is 0.376 e. The lowest BCUT2D eigenvalue weighted by molar-refractivity contribution is -0.122. The Hall–Kier alpha value is -2.21. The van der Waals surface area contributed by atoms with E-state index in [1.54, 1.807) is 17.0 Å². The molecule has 6 nitrogen and oxygen atoms in total. The van der Waals surface area contributed by atoms with Gasteiger partial charge in [-0.05, 0) is 38.3 Å². The van der Waals surface area contributed by atoms with Crippen LogP contribution >= 0.6 is 0 Å². The summed E-state index contributed by atoms with van der Waals surface area (Å²) >= 11 is 0. The van der Waals surface area contributed by atoms with Crippen molar-refractivity contribution in [2.75, 3.05) is 6.61 Å². The zero-order chi connectivity index (χ0) is 16.9. The molecule has 1 amide bonds. The lowest BCUT2D eigenvalue weighted by atomic mass is 10.1. The lowest BCUT2D eigenvalue weighted by Gasteiger charge is -2.20. The van der Waals surface area contributed by atoms with Crippen LogP contribution in [0.2, 0.25) is 0 Å². The van der Waals surface area contributed by atoms with Crippen molar-refractivity contribution in [2.45, 2.75) is 51.3 Å². The Bertz CT molecular complexity index is 765. The number of carbonyl (C=O) groups is 1. The second-order valence-corrected chi connectivity index (χ2v) is 6.27. The lowest BCUT2D eigenvalue weighted by Crippen LogP contribution is -2.40. The van der Waals surface area contributed by atoms with Gasteiger partial charge in [-0.25, -0.2) is 4.98 Å². The van der Waals surface area contributed by atoms with Gasteiger partial charge in [-0.2, -0.15) is 0 Å². The summed E-state index contributed by atoms with van der Waals surface area (Å²) in [6.07, 6.45) is 4.72. The first-order chi connectivity index (χ1) is 11.6. The number of carbonyl (C=O) groups excluding carboxylic acids is 1. The molecule has 1 saturated heterocycles. The summed E-state index contributed by atoms with van der Waals surface area (Å²) in [5.74, 6) is -0.000188. The fraction of sp³-hybridized carbons (Fsp3) is 0.500. The average molecular weight is 329 g/mol. The van der Waals surface area contributed by atoms with E-state index in [1.807, 2.05) is 25.1 Å². The maximum atomic E-state index is 12.4. The number of rotatable bonds is 6. The molecule has 2 aromatic rings. The molecule has 2 atom stereocenters. The molecule has 0 spiro atoms. The van der Waals surface area contributed by atoms with Gasteiger partial charge in [0.05, 0.1) is 29.4 Å². The van der Waals surface area contributed by atoms with E-state index in [-0.39, 0.29) is 23.6 Å². The number of aromatic nitrogens is 2. The minimum Gasteiger partial charge on any atom is -0.376 e. The van der Waals surface area contributed by atoms with Gasteiger partial charge in [0, 0.05) is 19.6 Å². The highest BCUT2D eigenvalue weighted by Gasteiger charge is 2.23. The van der Waals surface area contributed by atoms with Crippen LogP contribution in [0, 0.1) is 0 Å². The van der Waals surface area contributed by atoms with Crippen molar-refractivity contribution in [3.05, 3.63) is 40.9 Å². The number of para-hydroxylation sites is 1. The molecule has 0 unspecified atom stereocenters. The SMILES string of the molecule is C[C@@H](NC(=O)CCCn1cnc2ccccc2c1=O)[C@H]1CCCO1. The number of amides is 1. The van der Waals surface area contributed by atoms with E-state index in [0.29, 0.717) is 30.3 Å². The van der Waals surface area contributed by atoms with Gasteiger partial charge in [0.15, 0.2) is 0 Å². The van der Waals surface area contributed by atoms with Crippen LogP contribution in [0.4, 0.5) is 0 Å². The van der Waals surface area contributed by atoms with Crippen LogP contribution in [0.1, 0.15) is 32.6 Å². The van der Waals surface area contributed by atoms with Crippen LogP contribution < -0.4 is 10.9 Å². The normalized spacial score (nSPS) is 18.6. The smallest absolute Gasteiger partial charge is 0.261 e. The molecule has 24 heavy (non-hydrogen) atoms. The first-order valence-corrected chi connectivity index (χ1v) is 8.50. The summed E-state index contributed by atoms with van der Waals surface area (Å²) in [6.45, 7) is 3.24. The maximum Gasteiger partial charge on any atom is 0.261 e. The standard InChI is InChI=1S/C18H23N3O3/c1-13(16-8-5-11-24-16)20-17(22)9-4-10-21-12-19-15-7-3-2-6-14(15)18(21)23/h2-3,6-7,12-13,16H,4-5,8-11H2,1H3,(H,20,22)/t13-,16-/m1/s1. The summed E-state index contributed by atoms with van der Waals surface area (Å²) in [7, 11) is 0. The maximum absolute atomic E-state index is 12.4. The Kier molecular flexibility index (Phi) is 5.25. The van der Waals surface area contributed by atoms with E-state index in [4.69, 9.17) is 4.74 Å². The molecule has 3 rings (SSSR count). The first kappa shape index (κ1) is 16.6. The fourth-order valence-electron chi connectivity index (χ4n) is 3.09. The second-order valence-electron chi connectivity index (χ2n) is 6.27. The van der Waals surface area contributed by atoms with Crippen molar-refractivity contribution >= 4 is 16.8 Å². The summed E-state index contributed by atoms with van der Waals surface area (Å²) in [4.78, 5) is 28.7. The molecule has 1 N–H and O–H groups in total. The van der Waals surface area contributed by atoms with Gasteiger partial charge in [0.25, 0.3) is 5.56 Å². The Labute approximate surface area is 140 Å². The zero-order valence-corrected chi connectivity index (χ0v) is 13.9. The zero-order valence-electron chi connectivity index (χ0n) is 13.9. The van der Waals surface area contributed by atoms with Crippen LogP contribution in [-0.4, -0.2) is 34.2 Å². The molecule has 1 aromatic carbocycles. The Balaban J connectivity index is 1.52. The number of aryl methyl sites for hydroxylation is 1. The quantitative estimate of drug-likeness (QED) is 0.878. The molecule has 0 saturated carbocycles. The van der Waals surface area contributed by atoms with Gasteiger partial charge >= 0.3 is 0 Å². The predicted octanol–water partition coefficient (Wildman–Crippen LogP) is 1.86. The average Bonchev–Trinajstić information content (AvgIpc) is 3.12. The molecular weight excluding hydrogens is 306 g/mol. The first-order valence-electron chi connectivity index (χ1n) is 8.50. The number of hydrogen-bond donors (Lipinski definition) is 1. The highest BCUT2D eigenvalue weighted by molar-refractivity contribution is 5.77. The Morgan fingerprint density at radius 3 is 3.08 bits per heavy atom. The number of ether oxygens (including phenoxy) is 1. The van der Waals surface area contributed by atoms with Gasteiger partial charge in [0.2, 0.25) is 5.91 Å². The second kappa shape index (κ2) is 7.57. The van der Waals surface area contributed by atoms with Gasteiger partial charge in [0.1, 0.15) is 0 Å². The highest BCUT2D eigenvalue weighted by atomic mass is 16.5. The molecule has 1 aliphatic rings. The van der Waals surface area contributed by atoms with Gasteiger partial charge < -0.3 is 10.1 Å². The predicted molar refractivity (Wildman–Crippen MR) is 91.8 cm³/mol. The van der Waals surface area contributed by atoms with Gasteiger partial charge in [-0.1, -0.05) is 12.1 Å². The highest BCUT2D eigenvalue weighted by Crippen LogP contribution is 2.15. The number of hydrogen-bond acceptors (Lipinski definition) is 4. The topological polar surface area (TPSA) is 73.2 Å². The molecular formula is C18H23N3O3.